The van der Waals surface area contributed by atoms with Gasteiger partial charge in [-0.3, -0.25) is 0 Å². The van der Waals surface area contributed by atoms with Gasteiger partial charge in [-0.2, -0.15) is 0 Å². The van der Waals surface area contributed by atoms with Crippen LogP contribution in [0.5, 0.6) is 0 Å². The molecule has 0 bridgehead atoms. The molecule has 0 radical (unpaired) electrons. The topological polar surface area (TPSA) is 55.3 Å². The monoisotopic (exact) mass is 116 g/mol. The van der Waals surface area contributed by atoms with Crippen LogP contribution in [0, 0.1) is 11.8 Å². The van der Waals surface area contributed by atoms with Gasteiger partial charge >= 0.3 is 0 Å². The van der Waals surface area contributed by atoms with Crippen molar-refractivity contribution in [1.29, 1.82) is 0 Å². The van der Waals surface area contributed by atoms with Crippen molar-refractivity contribution >= 4 is 0 Å². The van der Waals surface area contributed by atoms with Crippen molar-refractivity contribution < 1.29 is 11.5 Å². The number of rotatable bonds is 2. The van der Waals surface area contributed by atoms with E-state index in [0.717, 1.165) is 24.9 Å². The Morgan fingerprint density at radius 2 is 1.38 bits per heavy atom. The van der Waals surface area contributed by atoms with Crippen LogP contribution >= 0.6 is 0 Å². The second-order valence-corrected chi connectivity index (χ2v) is 2.67. The highest BCUT2D eigenvalue weighted by molar-refractivity contribution is 4.78. The highest BCUT2D eigenvalue weighted by atomic mass is 14.6. The lowest BCUT2D eigenvalue weighted by Gasteiger charge is -2.31. The Kier molecular flexibility index (Phi) is 1.86. The Hall–Kier alpha value is -0.0800. The molecule has 1 saturated carbocycles. The van der Waals surface area contributed by atoms with E-state index in [9.17, 15) is 0 Å². The summed E-state index contributed by atoms with van der Waals surface area (Å²) in [6.07, 6.45) is 2.81. The molecular formula is C6H16N2+2. The molecule has 0 aromatic heterocycles. The maximum Gasteiger partial charge on any atom is 0.0773 e. The maximum absolute atomic E-state index is 3.88. The largest absolute Gasteiger partial charge is 0.357 e. The van der Waals surface area contributed by atoms with Gasteiger partial charge in [0.2, 0.25) is 0 Å². The first kappa shape index (κ1) is 6.05. The molecule has 0 heterocycles. The van der Waals surface area contributed by atoms with Gasteiger partial charge in [-0.25, -0.2) is 0 Å². The fourth-order valence-electron chi connectivity index (χ4n) is 1.40. The minimum absolute atomic E-state index is 0.924. The van der Waals surface area contributed by atoms with Crippen molar-refractivity contribution in [3.05, 3.63) is 0 Å². The first-order valence-corrected chi connectivity index (χ1v) is 3.47. The minimum Gasteiger partial charge on any atom is -0.357 e. The molecule has 1 fully saturated rings. The summed E-state index contributed by atoms with van der Waals surface area (Å²) in [5, 5.41) is 0. The fraction of sp³-hybridized carbons (Fsp3) is 1.00. The molecule has 2 nitrogen and oxygen atoms in total. The summed E-state index contributed by atoms with van der Waals surface area (Å²) in [6, 6.07) is 0. The second-order valence-electron chi connectivity index (χ2n) is 2.67. The predicted molar refractivity (Wildman–Crippen MR) is 31.7 cm³/mol. The fourth-order valence-corrected chi connectivity index (χ4v) is 1.40. The number of hydrogen-bond acceptors (Lipinski definition) is 0. The van der Waals surface area contributed by atoms with Gasteiger partial charge in [-0.05, 0) is 12.8 Å². The summed E-state index contributed by atoms with van der Waals surface area (Å²) >= 11 is 0. The van der Waals surface area contributed by atoms with E-state index < -0.39 is 0 Å². The third kappa shape index (κ3) is 0.858. The second kappa shape index (κ2) is 2.46. The van der Waals surface area contributed by atoms with Gasteiger partial charge in [0, 0.05) is 11.8 Å². The van der Waals surface area contributed by atoms with Crippen LogP contribution in [0.3, 0.4) is 0 Å². The van der Waals surface area contributed by atoms with Crippen molar-refractivity contribution in [1.82, 2.24) is 0 Å². The van der Waals surface area contributed by atoms with Gasteiger partial charge in [0.05, 0.1) is 13.1 Å². The number of hydrogen-bond donors (Lipinski definition) is 2. The van der Waals surface area contributed by atoms with Crippen molar-refractivity contribution in [2.45, 2.75) is 12.8 Å². The van der Waals surface area contributed by atoms with Crippen molar-refractivity contribution in [2.24, 2.45) is 11.8 Å². The Balaban J connectivity index is 2.16. The van der Waals surface area contributed by atoms with Gasteiger partial charge in [0.1, 0.15) is 0 Å². The molecule has 48 valence electrons. The molecule has 6 N–H and O–H groups in total. The summed E-state index contributed by atoms with van der Waals surface area (Å²) < 4.78 is 0. The Labute approximate surface area is 50.2 Å². The van der Waals surface area contributed by atoms with Crippen LogP contribution in [0.4, 0.5) is 0 Å². The Bertz CT molecular complexity index is 58.9. The molecule has 1 rings (SSSR count). The van der Waals surface area contributed by atoms with Crippen molar-refractivity contribution in [3.8, 4) is 0 Å². The third-order valence-electron chi connectivity index (χ3n) is 2.32. The summed E-state index contributed by atoms with van der Waals surface area (Å²) in [5.41, 5.74) is 7.76. The van der Waals surface area contributed by atoms with Gasteiger partial charge in [0.15, 0.2) is 0 Å². The summed E-state index contributed by atoms with van der Waals surface area (Å²) in [6.45, 7) is 2.25. The summed E-state index contributed by atoms with van der Waals surface area (Å²) in [5.74, 6) is 1.85. The molecule has 0 spiro atoms. The lowest BCUT2D eigenvalue weighted by molar-refractivity contribution is -0.414. The molecule has 0 aliphatic heterocycles. The smallest absolute Gasteiger partial charge is 0.0773 e. The van der Waals surface area contributed by atoms with Gasteiger partial charge < -0.3 is 11.5 Å². The van der Waals surface area contributed by atoms with Crippen LogP contribution in [0.15, 0.2) is 0 Å². The third-order valence-corrected chi connectivity index (χ3v) is 2.32. The lowest BCUT2D eigenvalue weighted by atomic mass is 9.74. The van der Waals surface area contributed by atoms with Crippen LogP contribution < -0.4 is 11.5 Å². The van der Waals surface area contributed by atoms with Crippen LogP contribution in [-0.4, -0.2) is 13.1 Å². The molecule has 1 aliphatic rings. The molecule has 0 saturated heterocycles. The van der Waals surface area contributed by atoms with E-state index in [1.165, 1.54) is 12.8 Å². The first-order chi connectivity index (χ1) is 3.88. The van der Waals surface area contributed by atoms with Gasteiger partial charge in [-0.15, -0.1) is 0 Å². The quantitative estimate of drug-likeness (QED) is 0.441. The van der Waals surface area contributed by atoms with Gasteiger partial charge in [0.25, 0.3) is 0 Å². The van der Waals surface area contributed by atoms with Crippen LogP contribution in [0.25, 0.3) is 0 Å². The first-order valence-electron chi connectivity index (χ1n) is 3.47. The normalized spacial score (nSPS) is 36.8. The van der Waals surface area contributed by atoms with Crippen molar-refractivity contribution in [3.63, 3.8) is 0 Å². The predicted octanol–water partition coefficient (Wildman–Crippen LogP) is -1.50. The van der Waals surface area contributed by atoms with E-state index in [1.54, 1.807) is 0 Å². The zero-order valence-electron chi connectivity index (χ0n) is 5.40. The zero-order chi connectivity index (χ0) is 5.98. The highest BCUT2D eigenvalue weighted by Crippen LogP contribution is 2.31. The molecule has 0 amide bonds. The van der Waals surface area contributed by atoms with Gasteiger partial charge in [-0.1, -0.05) is 0 Å². The lowest BCUT2D eigenvalue weighted by Crippen LogP contribution is -2.63. The SMILES string of the molecule is [NH3+]C[C@@H]1CC[C@@H]1C[NH3+]. The molecule has 0 aromatic rings. The maximum atomic E-state index is 3.88. The van der Waals surface area contributed by atoms with Crippen molar-refractivity contribution in [2.75, 3.05) is 13.1 Å². The molecule has 0 aromatic carbocycles. The van der Waals surface area contributed by atoms with E-state index in [-0.39, 0.29) is 0 Å². The Morgan fingerprint density at radius 1 is 1.00 bits per heavy atom. The molecule has 2 atom stereocenters. The van der Waals surface area contributed by atoms with E-state index in [0.29, 0.717) is 0 Å². The van der Waals surface area contributed by atoms with Crippen LogP contribution in [0.1, 0.15) is 12.8 Å². The minimum atomic E-state index is 0.924. The van der Waals surface area contributed by atoms with Crippen LogP contribution in [0.2, 0.25) is 0 Å². The molecule has 0 unspecified atom stereocenters. The van der Waals surface area contributed by atoms with E-state index in [4.69, 9.17) is 0 Å². The average Bonchev–Trinajstić information content (AvgIpc) is 1.66. The summed E-state index contributed by atoms with van der Waals surface area (Å²) in [4.78, 5) is 0. The van der Waals surface area contributed by atoms with E-state index in [1.807, 2.05) is 0 Å². The zero-order valence-corrected chi connectivity index (χ0v) is 5.40. The van der Waals surface area contributed by atoms with E-state index in [2.05, 4.69) is 11.5 Å². The Morgan fingerprint density at radius 3 is 1.50 bits per heavy atom. The number of quaternary nitrogens is 2. The average molecular weight is 116 g/mol. The van der Waals surface area contributed by atoms with Crippen LogP contribution in [-0.2, 0) is 0 Å². The van der Waals surface area contributed by atoms with E-state index >= 15 is 0 Å². The highest BCUT2D eigenvalue weighted by Gasteiger charge is 2.30. The molecule has 1 aliphatic carbocycles. The molecule has 8 heavy (non-hydrogen) atoms. The molecule has 2 heteroatoms. The standard InChI is InChI=1S/C6H14N2/c7-3-5-1-2-6(5)4-8/h5-6H,1-4,7-8H2/p+2/t5-,6+. The summed E-state index contributed by atoms with van der Waals surface area (Å²) in [7, 11) is 0. The molecular weight excluding hydrogens is 100 g/mol.